The summed E-state index contributed by atoms with van der Waals surface area (Å²) in [7, 11) is 0. The van der Waals surface area contributed by atoms with Crippen molar-refractivity contribution in [3.05, 3.63) is 65.7 Å². The Morgan fingerprint density at radius 2 is 1.87 bits per heavy atom. The van der Waals surface area contributed by atoms with Crippen molar-refractivity contribution < 1.29 is 19.1 Å². The van der Waals surface area contributed by atoms with Crippen molar-refractivity contribution in [3.63, 3.8) is 0 Å². The summed E-state index contributed by atoms with van der Waals surface area (Å²) >= 11 is 0. The molecule has 0 saturated carbocycles. The van der Waals surface area contributed by atoms with E-state index in [4.69, 9.17) is 4.74 Å². The van der Waals surface area contributed by atoms with E-state index in [0.717, 1.165) is 18.4 Å². The summed E-state index contributed by atoms with van der Waals surface area (Å²) < 4.78 is 5.43. The third kappa shape index (κ3) is 5.72. The summed E-state index contributed by atoms with van der Waals surface area (Å²) in [4.78, 5) is 39.2. The molecular formula is C25H30N2O4. The minimum absolute atomic E-state index is 0.0590. The molecule has 1 aliphatic heterocycles. The molecule has 6 heteroatoms. The summed E-state index contributed by atoms with van der Waals surface area (Å²) in [5.41, 5.74) is 1.55. The normalized spacial score (nSPS) is 18.3. The lowest BCUT2D eigenvalue weighted by Gasteiger charge is -2.41. The van der Waals surface area contributed by atoms with Gasteiger partial charge in [-0.3, -0.25) is 9.59 Å². The second kappa shape index (κ2) is 10.2. The number of ether oxygens (including phenoxy) is 1. The second-order valence-electron chi connectivity index (χ2n) is 8.08. The Bertz CT molecular complexity index is 928. The summed E-state index contributed by atoms with van der Waals surface area (Å²) in [6.45, 7) is 4.50. The summed E-state index contributed by atoms with van der Waals surface area (Å²) in [6, 6.07) is 16.7. The zero-order valence-corrected chi connectivity index (χ0v) is 18.2. The van der Waals surface area contributed by atoms with Crippen LogP contribution in [-0.2, 0) is 16.0 Å². The van der Waals surface area contributed by atoms with Crippen molar-refractivity contribution in [2.24, 2.45) is 5.41 Å². The number of piperidine rings is 1. The van der Waals surface area contributed by atoms with Crippen LogP contribution < -0.4 is 5.32 Å². The molecule has 1 heterocycles. The first-order valence-electron chi connectivity index (χ1n) is 10.8. The number of urea groups is 1. The predicted molar refractivity (Wildman–Crippen MR) is 120 cm³/mol. The van der Waals surface area contributed by atoms with Gasteiger partial charge in [-0.15, -0.1) is 0 Å². The minimum atomic E-state index is -0.720. The Morgan fingerprint density at radius 3 is 2.58 bits per heavy atom. The Kier molecular flexibility index (Phi) is 7.45. The highest BCUT2D eigenvalue weighted by Crippen LogP contribution is 2.36. The third-order valence-electron chi connectivity index (χ3n) is 5.83. The van der Waals surface area contributed by atoms with Crippen LogP contribution in [0.3, 0.4) is 0 Å². The van der Waals surface area contributed by atoms with Crippen molar-refractivity contribution in [2.75, 3.05) is 25.0 Å². The number of carbonyl (C=O) groups is 3. The zero-order valence-electron chi connectivity index (χ0n) is 18.2. The quantitative estimate of drug-likeness (QED) is 0.518. The maximum Gasteiger partial charge on any atom is 0.321 e. The number of carbonyl (C=O) groups excluding carboxylic acids is 3. The fourth-order valence-corrected chi connectivity index (χ4v) is 4.11. The summed E-state index contributed by atoms with van der Waals surface area (Å²) in [5.74, 6) is -0.293. The molecule has 0 spiro atoms. The van der Waals surface area contributed by atoms with E-state index in [9.17, 15) is 14.4 Å². The lowest BCUT2D eigenvalue weighted by atomic mass is 9.75. The number of esters is 1. The highest BCUT2D eigenvalue weighted by atomic mass is 16.5. The van der Waals surface area contributed by atoms with E-state index in [1.54, 1.807) is 36.1 Å². The van der Waals surface area contributed by atoms with Gasteiger partial charge in [0.25, 0.3) is 0 Å². The Hall–Kier alpha value is -3.15. The smallest absolute Gasteiger partial charge is 0.321 e. The molecule has 0 bridgehead atoms. The predicted octanol–water partition coefficient (Wildman–Crippen LogP) is 4.70. The molecule has 1 saturated heterocycles. The van der Waals surface area contributed by atoms with Gasteiger partial charge in [-0.1, -0.05) is 42.5 Å². The van der Waals surface area contributed by atoms with E-state index in [1.165, 1.54) is 6.92 Å². The van der Waals surface area contributed by atoms with Gasteiger partial charge in [-0.2, -0.15) is 0 Å². The number of Topliss-reactive ketones (excluding diaryl/α,β-unsaturated/α-hetero) is 1. The summed E-state index contributed by atoms with van der Waals surface area (Å²) in [5, 5.41) is 2.87. The standard InChI is InChI=1S/C25H30N2O4/c1-3-31-23(29)25(15-13-20-9-5-4-6-10-20)14-8-16-27(18-25)24(30)26-22-12-7-11-21(17-22)19(2)28/h4-7,9-12,17H,3,8,13-16,18H2,1-2H3,(H,26,30)/t25-/m1/s1. The summed E-state index contributed by atoms with van der Waals surface area (Å²) in [6.07, 6.45) is 2.80. The van der Waals surface area contributed by atoms with Crippen LogP contribution in [0.4, 0.5) is 10.5 Å². The molecular weight excluding hydrogens is 392 g/mol. The van der Waals surface area contributed by atoms with Gasteiger partial charge < -0.3 is 15.0 Å². The van der Waals surface area contributed by atoms with Gasteiger partial charge in [0.15, 0.2) is 5.78 Å². The van der Waals surface area contributed by atoms with Crippen LogP contribution in [-0.4, -0.2) is 42.4 Å². The highest BCUT2D eigenvalue weighted by molar-refractivity contribution is 5.96. The van der Waals surface area contributed by atoms with Crippen LogP contribution in [0.25, 0.3) is 0 Å². The van der Waals surface area contributed by atoms with Crippen LogP contribution >= 0.6 is 0 Å². The molecule has 2 amide bonds. The highest BCUT2D eigenvalue weighted by Gasteiger charge is 2.44. The molecule has 2 aromatic carbocycles. The molecule has 1 fully saturated rings. The largest absolute Gasteiger partial charge is 0.466 e. The van der Waals surface area contributed by atoms with E-state index < -0.39 is 5.41 Å². The molecule has 6 nitrogen and oxygen atoms in total. The van der Waals surface area contributed by atoms with Gasteiger partial charge in [0.2, 0.25) is 0 Å². The minimum Gasteiger partial charge on any atom is -0.466 e. The monoisotopic (exact) mass is 422 g/mol. The average Bonchev–Trinajstić information content (AvgIpc) is 2.79. The van der Waals surface area contributed by atoms with Gasteiger partial charge in [0, 0.05) is 24.3 Å². The Labute approximate surface area is 183 Å². The van der Waals surface area contributed by atoms with Crippen LogP contribution in [0.5, 0.6) is 0 Å². The third-order valence-corrected chi connectivity index (χ3v) is 5.83. The van der Waals surface area contributed by atoms with E-state index in [1.807, 2.05) is 30.3 Å². The maximum absolute atomic E-state index is 13.0. The molecule has 1 atom stereocenters. The zero-order chi connectivity index (χ0) is 22.3. The van der Waals surface area contributed by atoms with Gasteiger partial charge in [0.1, 0.15) is 0 Å². The second-order valence-corrected chi connectivity index (χ2v) is 8.08. The average molecular weight is 423 g/mol. The Balaban J connectivity index is 1.74. The van der Waals surface area contributed by atoms with Crippen LogP contribution in [0.1, 0.15) is 49.0 Å². The number of aryl methyl sites for hydroxylation is 1. The number of likely N-dealkylation sites (tertiary alicyclic amines) is 1. The first-order valence-corrected chi connectivity index (χ1v) is 10.8. The van der Waals surface area contributed by atoms with Crippen molar-refractivity contribution in [2.45, 2.75) is 39.5 Å². The molecule has 31 heavy (non-hydrogen) atoms. The SMILES string of the molecule is CCOC(=O)[C@@]1(CCc2ccccc2)CCCN(C(=O)Nc2cccc(C(C)=O)c2)C1. The van der Waals surface area contributed by atoms with E-state index in [2.05, 4.69) is 5.32 Å². The fourth-order valence-electron chi connectivity index (χ4n) is 4.11. The van der Waals surface area contributed by atoms with Gasteiger partial charge in [-0.25, -0.2) is 4.79 Å². The van der Waals surface area contributed by atoms with Crippen molar-refractivity contribution in [1.29, 1.82) is 0 Å². The number of ketones is 1. The van der Waals surface area contributed by atoms with Crippen LogP contribution in [0.15, 0.2) is 54.6 Å². The molecule has 1 N–H and O–H groups in total. The number of hydrogen-bond donors (Lipinski definition) is 1. The van der Waals surface area contributed by atoms with E-state index in [-0.39, 0.29) is 17.8 Å². The van der Waals surface area contributed by atoms with Crippen molar-refractivity contribution in [3.8, 4) is 0 Å². The van der Waals surface area contributed by atoms with Crippen LogP contribution in [0, 0.1) is 5.41 Å². The van der Waals surface area contributed by atoms with Gasteiger partial charge in [0.05, 0.1) is 12.0 Å². The molecule has 0 aliphatic carbocycles. The molecule has 3 rings (SSSR count). The number of amides is 2. The van der Waals surface area contributed by atoms with Gasteiger partial charge in [-0.05, 0) is 57.2 Å². The first-order chi connectivity index (χ1) is 14.9. The lowest BCUT2D eigenvalue weighted by molar-refractivity contribution is -0.158. The number of hydrogen-bond acceptors (Lipinski definition) is 4. The molecule has 1 aliphatic rings. The first kappa shape index (κ1) is 22.5. The molecule has 164 valence electrons. The lowest BCUT2D eigenvalue weighted by Crippen LogP contribution is -2.51. The Morgan fingerprint density at radius 1 is 1.10 bits per heavy atom. The molecule has 0 radical (unpaired) electrons. The molecule has 0 unspecified atom stereocenters. The molecule has 0 aromatic heterocycles. The number of rotatable bonds is 7. The fraction of sp³-hybridized carbons (Fsp3) is 0.400. The topological polar surface area (TPSA) is 75.7 Å². The van der Waals surface area contributed by atoms with Crippen LogP contribution in [0.2, 0.25) is 0 Å². The van der Waals surface area contributed by atoms with E-state index in [0.29, 0.717) is 43.8 Å². The number of nitrogens with zero attached hydrogens (tertiary/aromatic N) is 1. The van der Waals surface area contributed by atoms with E-state index >= 15 is 0 Å². The van der Waals surface area contributed by atoms with Crippen molar-refractivity contribution in [1.82, 2.24) is 4.90 Å². The molecule has 2 aromatic rings. The van der Waals surface area contributed by atoms with Crippen molar-refractivity contribution >= 4 is 23.5 Å². The maximum atomic E-state index is 13.0. The number of anilines is 1. The number of nitrogens with one attached hydrogen (secondary N) is 1. The van der Waals surface area contributed by atoms with Gasteiger partial charge >= 0.3 is 12.0 Å². The number of benzene rings is 2.